The molecule has 0 saturated carbocycles. The van der Waals surface area contributed by atoms with Crippen LogP contribution in [-0.4, -0.2) is 42.1 Å². The Morgan fingerprint density at radius 3 is 2.67 bits per heavy atom. The lowest BCUT2D eigenvalue weighted by atomic mass is 10.1. The molecule has 0 radical (unpaired) electrons. The highest BCUT2D eigenvalue weighted by Gasteiger charge is 2.46. The second-order valence-corrected chi connectivity index (χ2v) is 10.3. The largest absolute Gasteiger partial charge is 0.341 e. The fraction of sp³-hybridized carbons (Fsp3) is 0.316. The predicted octanol–water partition coefficient (Wildman–Crippen LogP) is 3.75. The van der Waals surface area contributed by atoms with Gasteiger partial charge in [0.25, 0.3) is 0 Å². The Balaban J connectivity index is 1.54. The van der Waals surface area contributed by atoms with Crippen molar-refractivity contribution in [1.29, 1.82) is 0 Å². The van der Waals surface area contributed by atoms with Gasteiger partial charge in [-0.1, -0.05) is 47.6 Å². The van der Waals surface area contributed by atoms with Crippen LogP contribution >= 0.6 is 23.4 Å². The zero-order valence-corrected chi connectivity index (χ0v) is 16.8. The Bertz CT molecular complexity index is 979. The number of aliphatic imine (C=N–C) groups is 1. The molecule has 4 nitrogen and oxygen atoms in total. The van der Waals surface area contributed by atoms with Gasteiger partial charge in [0.1, 0.15) is 5.82 Å². The Morgan fingerprint density at radius 2 is 1.93 bits per heavy atom. The molecule has 1 fully saturated rings. The fourth-order valence-electron chi connectivity index (χ4n) is 3.46. The van der Waals surface area contributed by atoms with Gasteiger partial charge in [0.05, 0.1) is 23.6 Å². The van der Waals surface area contributed by atoms with E-state index in [4.69, 9.17) is 11.6 Å². The highest BCUT2D eigenvalue weighted by molar-refractivity contribution is 8.13. The monoisotopic (exact) mass is 424 g/mol. The van der Waals surface area contributed by atoms with Crippen molar-refractivity contribution in [3.05, 3.63) is 70.5 Å². The lowest BCUT2D eigenvalue weighted by Crippen LogP contribution is -2.38. The van der Waals surface area contributed by atoms with E-state index in [1.807, 2.05) is 30.3 Å². The number of nitrogens with zero attached hydrogens (tertiary/aromatic N) is 2. The smallest absolute Gasteiger partial charge is 0.160 e. The maximum absolute atomic E-state index is 13.4. The van der Waals surface area contributed by atoms with Gasteiger partial charge in [-0.05, 0) is 35.4 Å². The van der Waals surface area contributed by atoms with Gasteiger partial charge in [0, 0.05) is 17.3 Å². The summed E-state index contributed by atoms with van der Waals surface area (Å²) in [4.78, 5) is 6.76. The van der Waals surface area contributed by atoms with Crippen molar-refractivity contribution in [2.45, 2.75) is 24.4 Å². The Labute approximate surface area is 167 Å². The third kappa shape index (κ3) is 4.31. The SMILES string of the molecule is O=S1(=O)C[C@H]2N=C(SCc3cccc(F)c3)N(Cc3ccc(Cl)cc3)[C@H]2C1. The van der Waals surface area contributed by atoms with Gasteiger partial charge in [-0.3, -0.25) is 4.99 Å². The summed E-state index contributed by atoms with van der Waals surface area (Å²) in [7, 11) is -3.06. The minimum atomic E-state index is -3.06. The number of thioether (sulfide) groups is 1. The normalized spacial score (nSPS) is 23.3. The molecule has 142 valence electrons. The van der Waals surface area contributed by atoms with Crippen molar-refractivity contribution >= 4 is 38.4 Å². The van der Waals surface area contributed by atoms with Crippen LogP contribution in [0.2, 0.25) is 5.02 Å². The molecule has 0 N–H and O–H groups in total. The van der Waals surface area contributed by atoms with Crippen molar-refractivity contribution < 1.29 is 12.8 Å². The Hall–Kier alpha value is -1.57. The molecular weight excluding hydrogens is 407 g/mol. The summed E-state index contributed by atoms with van der Waals surface area (Å²) in [6.07, 6.45) is 0. The Morgan fingerprint density at radius 1 is 1.15 bits per heavy atom. The zero-order chi connectivity index (χ0) is 19.0. The number of rotatable bonds is 4. The molecule has 0 aromatic heterocycles. The standard InChI is InChI=1S/C19H18ClFN2O2S2/c20-15-6-4-13(5-7-15)9-23-18-12-27(24,25)11-17(18)22-19(23)26-10-14-2-1-3-16(21)8-14/h1-8,17-18H,9-12H2/t17-,18+/m1/s1. The lowest BCUT2D eigenvalue weighted by Gasteiger charge is -2.26. The van der Waals surface area contributed by atoms with Crippen molar-refractivity contribution in [2.75, 3.05) is 11.5 Å². The molecule has 0 bridgehead atoms. The third-order valence-electron chi connectivity index (χ3n) is 4.74. The van der Waals surface area contributed by atoms with Crippen molar-refractivity contribution in [3.63, 3.8) is 0 Å². The molecule has 8 heteroatoms. The van der Waals surface area contributed by atoms with E-state index in [0.29, 0.717) is 17.3 Å². The average molecular weight is 425 g/mol. The first-order valence-electron chi connectivity index (χ1n) is 8.56. The molecule has 0 spiro atoms. The lowest BCUT2D eigenvalue weighted by molar-refractivity contribution is 0.343. The molecule has 0 unspecified atom stereocenters. The van der Waals surface area contributed by atoms with Crippen LogP contribution < -0.4 is 0 Å². The summed E-state index contributed by atoms with van der Waals surface area (Å²) in [5.74, 6) is 0.541. The molecule has 2 aromatic rings. The summed E-state index contributed by atoms with van der Waals surface area (Å²) >= 11 is 7.48. The molecule has 2 aromatic carbocycles. The molecule has 0 amide bonds. The van der Waals surface area contributed by atoms with Gasteiger partial charge < -0.3 is 4.90 Å². The highest BCUT2D eigenvalue weighted by Crippen LogP contribution is 2.33. The molecule has 27 heavy (non-hydrogen) atoms. The van der Waals surface area contributed by atoms with Crippen molar-refractivity contribution in [2.24, 2.45) is 4.99 Å². The first-order chi connectivity index (χ1) is 12.9. The van der Waals surface area contributed by atoms with Crippen LogP contribution in [0.4, 0.5) is 4.39 Å². The van der Waals surface area contributed by atoms with Gasteiger partial charge >= 0.3 is 0 Å². The number of halogens is 2. The Kier molecular flexibility index (Phi) is 5.18. The van der Waals surface area contributed by atoms with E-state index in [1.165, 1.54) is 23.9 Å². The van der Waals surface area contributed by atoms with Crippen LogP contribution in [0.5, 0.6) is 0 Å². The van der Waals surface area contributed by atoms with Crippen molar-refractivity contribution in [1.82, 2.24) is 4.90 Å². The van der Waals surface area contributed by atoms with E-state index in [-0.39, 0.29) is 29.4 Å². The number of benzene rings is 2. The quantitative estimate of drug-likeness (QED) is 0.750. The fourth-order valence-corrected chi connectivity index (χ4v) is 6.51. The van der Waals surface area contributed by atoms with E-state index in [9.17, 15) is 12.8 Å². The molecular formula is C19H18ClFN2O2S2. The summed E-state index contributed by atoms with van der Waals surface area (Å²) in [6, 6.07) is 13.7. The van der Waals surface area contributed by atoms with Crippen LogP contribution in [0, 0.1) is 5.82 Å². The van der Waals surface area contributed by atoms with E-state index in [1.54, 1.807) is 6.07 Å². The van der Waals surface area contributed by atoms with Crippen LogP contribution in [0.25, 0.3) is 0 Å². The summed E-state index contributed by atoms with van der Waals surface area (Å²) in [6.45, 7) is 0.572. The number of amidine groups is 1. The summed E-state index contributed by atoms with van der Waals surface area (Å²) in [5.41, 5.74) is 1.92. The van der Waals surface area contributed by atoms with Crippen molar-refractivity contribution in [3.8, 4) is 0 Å². The predicted molar refractivity (Wildman–Crippen MR) is 108 cm³/mol. The van der Waals surface area contributed by atoms with E-state index in [2.05, 4.69) is 9.89 Å². The van der Waals surface area contributed by atoms with Crippen LogP contribution in [0.1, 0.15) is 11.1 Å². The number of hydrogen-bond donors (Lipinski definition) is 0. The zero-order valence-electron chi connectivity index (χ0n) is 14.4. The maximum Gasteiger partial charge on any atom is 0.160 e. The highest BCUT2D eigenvalue weighted by atomic mass is 35.5. The van der Waals surface area contributed by atoms with E-state index in [0.717, 1.165) is 16.3 Å². The second-order valence-electron chi connectivity index (χ2n) is 6.80. The molecule has 4 rings (SSSR count). The minimum Gasteiger partial charge on any atom is -0.341 e. The van der Waals surface area contributed by atoms with Gasteiger partial charge in [-0.15, -0.1) is 0 Å². The first kappa shape index (κ1) is 18.8. The third-order valence-corrected chi connectivity index (χ3v) is 7.77. The topological polar surface area (TPSA) is 49.7 Å². The number of fused-ring (bicyclic) bond motifs is 1. The first-order valence-corrected chi connectivity index (χ1v) is 11.7. The summed E-state index contributed by atoms with van der Waals surface area (Å²) in [5, 5.41) is 1.48. The molecule has 2 aliphatic heterocycles. The van der Waals surface area contributed by atoms with Gasteiger partial charge in [0.15, 0.2) is 15.0 Å². The summed E-state index contributed by atoms with van der Waals surface area (Å²) < 4.78 is 37.5. The average Bonchev–Trinajstić information content (AvgIpc) is 3.07. The number of hydrogen-bond acceptors (Lipinski definition) is 5. The molecule has 2 aliphatic rings. The second kappa shape index (κ2) is 7.45. The molecule has 2 atom stereocenters. The van der Waals surface area contributed by atoms with Crippen LogP contribution in [0.15, 0.2) is 53.5 Å². The molecule has 0 aliphatic carbocycles. The maximum atomic E-state index is 13.4. The van der Waals surface area contributed by atoms with Crippen LogP contribution in [-0.2, 0) is 22.1 Å². The van der Waals surface area contributed by atoms with Gasteiger partial charge in [0.2, 0.25) is 0 Å². The minimum absolute atomic E-state index is 0.0960. The van der Waals surface area contributed by atoms with Crippen LogP contribution in [0.3, 0.4) is 0 Å². The van der Waals surface area contributed by atoms with Gasteiger partial charge in [-0.2, -0.15) is 0 Å². The molecule has 1 saturated heterocycles. The number of sulfone groups is 1. The molecule has 2 heterocycles. The van der Waals surface area contributed by atoms with Gasteiger partial charge in [-0.25, -0.2) is 12.8 Å². The van der Waals surface area contributed by atoms with E-state index < -0.39 is 9.84 Å². The van der Waals surface area contributed by atoms with E-state index >= 15 is 0 Å².